The first kappa shape index (κ1) is 29.6. The van der Waals surface area contributed by atoms with Crippen LogP contribution in [0.3, 0.4) is 0 Å². The predicted octanol–water partition coefficient (Wildman–Crippen LogP) is 5.40. The number of nitrogens with zero attached hydrogens (tertiary/aromatic N) is 1. The lowest BCUT2D eigenvalue weighted by Gasteiger charge is -2.21. The molecule has 3 aromatic rings. The molecule has 1 amide bonds. The molecule has 0 saturated carbocycles. The summed E-state index contributed by atoms with van der Waals surface area (Å²) in [6.45, 7) is 7.09. The van der Waals surface area contributed by atoms with Gasteiger partial charge in [0.15, 0.2) is 0 Å². The van der Waals surface area contributed by atoms with Crippen molar-refractivity contribution in [2.45, 2.75) is 37.5 Å². The lowest BCUT2D eigenvalue weighted by molar-refractivity contribution is 0.0769. The number of hydrogen-bond donors (Lipinski definition) is 3. The number of benzene rings is 3. The fourth-order valence-electron chi connectivity index (χ4n) is 3.63. The Labute approximate surface area is 232 Å². The number of halogens is 2. The number of carbonyl (C=O) groups excluding carboxylic acids is 1. The molecule has 0 atom stereocenters. The Kier molecular flexibility index (Phi) is 8.87. The van der Waals surface area contributed by atoms with Crippen LogP contribution in [0.2, 0.25) is 10.0 Å². The highest BCUT2D eigenvalue weighted by molar-refractivity contribution is 7.93. The van der Waals surface area contributed by atoms with Crippen LogP contribution in [-0.4, -0.2) is 45.8 Å². The van der Waals surface area contributed by atoms with E-state index < -0.39 is 47.1 Å². The van der Waals surface area contributed by atoms with Gasteiger partial charge in [-0.05, 0) is 75.2 Å². The smallest absolute Gasteiger partial charge is 0.265 e. The van der Waals surface area contributed by atoms with Gasteiger partial charge in [0.1, 0.15) is 10.6 Å². The largest absolute Gasteiger partial charge is 0.506 e. The van der Waals surface area contributed by atoms with E-state index in [-0.39, 0.29) is 24.5 Å². The molecule has 0 aliphatic heterocycles. The highest BCUT2D eigenvalue weighted by Gasteiger charge is 2.30. The molecule has 0 fully saturated rings. The SMILES string of the molecule is CCN(CC)C(=O)c1cc(S(=O)(=O)Nc2cccc(Cl)c2C)cc(S(=O)(=O)Nc2cccc(Cl)c2C)c1O. The van der Waals surface area contributed by atoms with Crippen molar-refractivity contribution in [3.63, 3.8) is 0 Å². The summed E-state index contributed by atoms with van der Waals surface area (Å²) < 4.78 is 58.4. The highest BCUT2D eigenvalue weighted by atomic mass is 35.5. The fraction of sp³-hybridized carbons (Fsp3) is 0.240. The molecule has 3 rings (SSSR count). The zero-order chi connectivity index (χ0) is 28.4. The van der Waals surface area contributed by atoms with E-state index in [1.165, 1.54) is 23.1 Å². The van der Waals surface area contributed by atoms with Crippen molar-refractivity contribution < 1.29 is 26.7 Å². The molecule has 0 unspecified atom stereocenters. The number of anilines is 2. The third-order valence-electron chi connectivity index (χ3n) is 5.95. The maximum absolute atomic E-state index is 13.4. The number of hydrogen-bond acceptors (Lipinski definition) is 6. The number of amides is 1. The van der Waals surface area contributed by atoms with Crippen molar-refractivity contribution in [3.8, 4) is 5.75 Å². The van der Waals surface area contributed by atoms with Crippen LogP contribution in [0.1, 0.15) is 35.3 Å². The van der Waals surface area contributed by atoms with Crippen LogP contribution in [0.4, 0.5) is 11.4 Å². The number of nitrogens with one attached hydrogen (secondary N) is 2. The predicted molar refractivity (Wildman–Crippen MR) is 149 cm³/mol. The Bertz CT molecular complexity index is 1610. The Morgan fingerprint density at radius 3 is 1.79 bits per heavy atom. The molecular weight excluding hydrogens is 573 g/mol. The van der Waals surface area contributed by atoms with Crippen molar-refractivity contribution in [3.05, 3.63) is 75.3 Å². The van der Waals surface area contributed by atoms with Crippen LogP contribution < -0.4 is 9.44 Å². The van der Waals surface area contributed by atoms with E-state index in [2.05, 4.69) is 9.44 Å². The Morgan fingerprint density at radius 2 is 1.32 bits per heavy atom. The summed E-state index contributed by atoms with van der Waals surface area (Å²) in [6, 6.07) is 10.9. The quantitative estimate of drug-likeness (QED) is 0.301. The summed E-state index contributed by atoms with van der Waals surface area (Å²) in [5, 5.41) is 11.6. The van der Waals surface area contributed by atoms with E-state index in [0.29, 0.717) is 21.2 Å². The van der Waals surface area contributed by atoms with E-state index in [1.54, 1.807) is 45.9 Å². The van der Waals surface area contributed by atoms with Crippen molar-refractivity contribution in [2.24, 2.45) is 0 Å². The minimum atomic E-state index is -4.59. The molecule has 38 heavy (non-hydrogen) atoms. The fourth-order valence-corrected chi connectivity index (χ4v) is 6.49. The maximum atomic E-state index is 13.4. The molecule has 9 nitrogen and oxygen atoms in total. The molecule has 13 heteroatoms. The van der Waals surface area contributed by atoms with Gasteiger partial charge in [-0.15, -0.1) is 0 Å². The number of sulfonamides is 2. The van der Waals surface area contributed by atoms with Crippen molar-refractivity contribution in [1.82, 2.24) is 4.90 Å². The van der Waals surface area contributed by atoms with Gasteiger partial charge in [0.2, 0.25) is 0 Å². The highest BCUT2D eigenvalue weighted by Crippen LogP contribution is 2.35. The summed E-state index contributed by atoms with van der Waals surface area (Å²) in [5.41, 5.74) is 0.664. The van der Waals surface area contributed by atoms with Gasteiger partial charge in [0.05, 0.1) is 21.8 Å². The van der Waals surface area contributed by atoms with Gasteiger partial charge >= 0.3 is 0 Å². The first-order chi connectivity index (χ1) is 17.7. The summed E-state index contributed by atoms with van der Waals surface area (Å²) >= 11 is 12.2. The van der Waals surface area contributed by atoms with Gasteiger partial charge in [-0.1, -0.05) is 35.3 Å². The number of carbonyl (C=O) groups is 1. The molecule has 204 valence electrons. The van der Waals surface area contributed by atoms with E-state index >= 15 is 0 Å². The van der Waals surface area contributed by atoms with Crippen LogP contribution >= 0.6 is 23.2 Å². The topological polar surface area (TPSA) is 133 Å². The number of phenolic OH excluding ortho intramolecular Hbond substituents is 1. The van der Waals surface area contributed by atoms with Crippen molar-refractivity contribution in [2.75, 3.05) is 22.5 Å². The molecule has 0 aromatic heterocycles. The number of aromatic hydroxyl groups is 1. The van der Waals surface area contributed by atoms with Crippen molar-refractivity contribution in [1.29, 1.82) is 0 Å². The second kappa shape index (κ2) is 11.4. The van der Waals surface area contributed by atoms with Gasteiger partial charge in [0, 0.05) is 23.1 Å². The standard InChI is InChI=1S/C25H27Cl2N3O6S2/c1-5-30(6-2)25(32)18-13-17(37(33,34)28-21-11-7-9-19(26)15(21)3)14-23(24(18)31)38(35,36)29-22-12-8-10-20(27)16(22)4/h7-14,28-29,31H,5-6H2,1-4H3. The van der Waals surface area contributed by atoms with Gasteiger partial charge in [0.25, 0.3) is 26.0 Å². The zero-order valence-electron chi connectivity index (χ0n) is 21.0. The molecule has 0 aliphatic carbocycles. The molecule has 0 aliphatic rings. The summed E-state index contributed by atoms with van der Waals surface area (Å²) in [7, 11) is -9.03. The van der Waals surface area contributed by atoms with Gasteiger partial charge in [-0.3, -0.25) is 14.2 Å². The van der Waals surface area contributed by atoms with E-state index in [9.17, 15) is 26.7 Å². The first-order valence-corrected chi connectivity index (χ1v) is 15.2. The lowest BCUT2D eigenvalue weighted by Crippen LogP contribution is -2.31. The monoisotopic (exact) mass is 599 g/mol. The van der Waals surface area contributed by atoms with Gasteiger partial charge in [-0.2, -0.15) is 0 Å². The Morgan fingerprint density at radius 1 is 0.842 bits per heavy atom. The molecule has 0 radical (unpaired) electrons. The maximum Gasteiger partial charge on any atom is 0.265 e. The molecule has 3 N–H and O–H groups in total. The van der Waals surface area contributed by atoms with E-state index in [0.717, 1.165) is 12.1 Å². The number of rotatable bonds is 9. The third-order valence-corrected chi connectivity index (χ3v) is 9.50. The van der Waals surface area contributed by atoms with Crippen LogP contribution in [0, 0.1) is 13.8 Å². The summed E-state index contributed by atoms with van der Waals surface area (Å²) in [5.74, 6) is -1.62. The molecule has 3 aromatic carbocycles. The second-order valence-electron chi connectivity index (χ2n) is 8.33. The zero-order valence-corrected chi connectivity index (χ0v) is 24.2. The summed E-state index contributed by atoms with van der Waals surface area (Å²) in [4.78, 5) is 13.2. The van der Waals surface area contributed by atoms with Gasteiger partial charge < -0.3 is 10.0 Å². The average Bonchev–Trinajstić information content (AvgIpc) is 2.85. The third kappa shape index (κ3) is 6.01. The van der Waals surface area contributed by atoms with Crippen molar-refractivity contribution >= 4 is 60.5 Å². The minimum Gasteiger partial charge on any atom is -0.506 e. The van der Waals surface area contributed by atoms with E-state index in [4.69, 9.17) is 23.2 Å². The normalized spacial score (nSPS) is 11.7. The van der Waals surface area contributed by atoms with Gasteiger partial charge in [-0.25, -0.2) is 16.8 Å². The van der Waals surface area contributed by atoms with E-state index in [1.807, 2.05) is 0 Å². The first-order valence-electron chi connectivity index (χ1n) is 11.5. The summed E-state index contributed by atoms with van der Waals surface area (Å²) in [6.07, 6.45) is 0. The minimum absolute atomic E-state index is 0.120. The average molecular weight is 601 g/mol. The van der Waals surface area contributed by atoms with Crippen LogP contribution in [-0.2, 0) is 20.0 Å². The Balaban J connectivity index is 2.23. The number of phenols is 1. The molecule has 0 spiro atoms. The molecule has 0 bridgehead atoms. The molecule has 0 heterocycles. The van der Waals surface area contributed by atoms with Crippen LogP contribution in [0.25, 0.3) is 0 Å². The molecular formula is C25H27Cl2N3O6S2. The molecule has 0 saturated heterocycles. The lowest BCUT2D eigenvalue weighted by atomic mass is 10.1. The second-order valence-corrected chi connectivity index (χ2v) is 12.5. The van der Waals surface area contributed by atoms with Crippen LogP contribution in [0.15, 0.2) is 58.3 Å². The Hall–Kier alpha value is -2.99. The van der Waals surface area contributed by atoms with Crippen LogP contribution in [0.5, 0.6) is 5.75 Å².